The van der Waals surface area contributed by atoms with Gasteiger partial charge < -0.3 is 23.7 Å². The molecule has 0 aromatic heterocycles. The Morgan fingerprint density at radius 2 is 1.76 bits per heavy atom. The Hall–Kier alpha value is -1.67. The van der Waals surface area contributed by atoms with Gasteiger partial charge in [0.15, 0.2) is 8.32 Å². The van der Waals surface area contributed by atoms with Crippen LogP contribution in [0.25, 0.3) is 0 Å². The maximum atomic E-state index is 13.1. The molecule has 7 heteroatoms. The molecule has 38 heavy (non-hydrogen) atoms. The van der Waals surface area contributed by atoms with E-state index in [2.05, 4.69) is 60.6 Å². The molecule has 218 valence electrons. The van der Waals surface area contributed by atoms with Crippen LogP contribution < -0.4 is 0 Å². The molecule has 0 saturated carbocycles. The summed E-state index contributed by atoms with van der Waals surface area (Å²) >= 11 is 0. The Kier molecular flexibility index (Phi) is 14.9. The average molecular weight is 551 g/mol. The predicted octanol–water partition coefficient (Wildman–Crippen LogP) is 6.98. The van der Waals surface area contributed by atoms with E-state index in [9.17, 15) is 9.90 Å². The van der Waals surface area contributed by atoms with Crippen molar-refractivity contribution in [2.45, 2.75) is 105 Å². The van der Waals surface area contributed by atoms with Crippen LogP contribution in [-0.2, 0) is 23.4 Å². The highest BCUT2D eigenvalue weighted by Gasteiger charge is 2.40. The number of allylic oxidation sites excluding steroid dienone is 5. The van der Waals surface area contributed by atoms with Gasteiger partial charge in [-0.2, -0.15) is 0 Å². The molecule has 1 aliphatic heterocycles. The van der Waals surface area contributed by atoms with E-state index in [0.29, 0.717) is 11.5 Å². The molecule has 0 bridgehead atoms. The molecule has 1 unspecified atom stereocenters. The van der Waals surface area contributed by atoms with Crippen LogP contribution in [0.2, 0.25) is 17.6 Å². The number of ether oxygens (including phenoxy) is 3. The van der Waals surface area contributed by atoms with Crippen LogP contribution >= 0.6 is 0 Å². The van der Waals surface area contributed by atoms with Gasteiger partial charge in [-0.3, -0.25) is 0 Å². The van der Waals surface area contributed by atoms with E-state index < -0.39 is 26.5 Å². The van der Waals surface area contributed by atoms with Gasteiger partial charge in [0.2, 0.25) is 5.76 Å². The highest BCUT2D eigenvalue weighted by molar-refractivity contribution is 6.75. The Bertz CT molecular complexity index is 854. The first-order valence-electron chi connectivity index (χ1n) is 14.2. The van der Waals surface area contributed by atoms with Crippen molar-refractivity contribution in [2.24, 2.45) is 17.8 Å². The van der Waals surface area contributed by atoms with Crippen molar-refractivity contribution in [3.63, 3.8) is 0 Å². The van der Waals surface area contributed by atoms with Crippen molar-refractivity contribution in [3.05, 3.63) is 47.3 Å². The normalized spacial score (nSPS) is 31.4. The molecule has 0 spiro atoms. The summed E-state index contributed by atoms with van der Waals surface area (Å²) < 4.78 is 24.1. The second-order valence-corrected chi connectivity index (χ2v) is 16.2. The number of carbonyl (C=O) groups is 1. The van der Waals surface area contributed by atoms with Crippen LogP contribution in [0.3, 0.4) is 0 Å². The smallest absolute Gasteiger partial charge is 0.373 e. The third kappa shape index (κ3) is 9.51. The van der Waals surface area contributed by atoms with Crippen LogP contribution in [0.5, 0.6) is 0 Å². The van der Waals surface area contributed by atoms with Gasteiger partial charge in [-0.05, 0) is 55.8 Å². The molecule has 0 aromatic rings. The van der Waals surface area contributed by atoms with Crippen LogP contribution in [0.4, 0.5) is 0 Å². The van der Waals surface area contributed by atoms with E-state index in [1.807, 2.05) is 26.0 Å². The highest BCUT2D eigenvalue weighted by atomic mass is 28.4. The van der Waals surface area contributed by atoms with Crippen molar-refractivity contribution in [2.75, 3.05) is 20.8 Å². The Morgan fingerprint density at radius 1 is 1.13 bits per heavy atom. The van der Waals surface area contributed by atoms with Crippen LogP contribution in [-0.4, -0.2) is 58.5 Å². The number of carbonyl (C=O) groups excluding carboxylic acids is 1. The molecule has 1 N–H and O–H groups in total. The fraction of sp³-hybridized carbons (Fsp3) is 0.710. The third-order valence-corrected chi connectivity index (χ3v) is 13.3. The summed E-state index contributed by atoms with van der Waals surface area (Å²) in [4.78, 5) is 13.1. The second-order valence-electron chi connectivity index (χ2n) is 11.3. The second kappa shape index (κ2) is 16.4. The molecule has 6 atom stereocenters. The number of methoxy groups -OCH3 is 2. The van der Waals surface area contributed by atoms with Gasteiger partial charge in [-0.25, -0.2) is 4.79 Å². The first kappa shape index (κ1) is 34.4. The molecule has 1 rings (SSSR count). The molecule has 0 aliphatic carbocycles. The number of aliphatic hydroxyl groups is 1. The highest BCUT2D eigenvalue weighted by Crippen LogP contribution is 2.36. The molecule has 1 heterocycles. The number of esters is 1. The largest absolute Gasteiger partial charge is 0.490 e. The van der Waals surface area contributed by atoms with Crippen molar-refractivity contribution in [3.8, 4) is 0 Å². The minimum Gasteiger partial charge on any atom is -0.490 e. The van der Waals surface area contributed by atoms with Gasteiger partial charge in [0.05, 0.1) is 13.2 Å². The van der Waals surface area contributed by atoms with E-state index in [1.54, 1.807) is 13.2 Å². The van der Waals surface area contributed by atoms with Crippen LogP contribution in [0.1, 0.15) is 68.7 Å². The zero-order valence-electron chi connectivity index (χ0n) is 25.7. The van der Waals surface area contributed by atoms with Crippen molar-refractivity contribution in [1.82, 2.24) is 0 Å². The molecule has 0 amide bonds. The minimum atomic E-state index is -1.94. The first-order valence-corrected chi connectivity index (χ1v) is 16.6. The predicted molar refractivity (Wildman–Crippen MR) is 158 cm³/mol. The lowest BCUT2D eigenvalue weighted by Gasteiger charge is -2.41. The van der Waals surface area contributed by atoms with E-state index in [4.69, 9.17) is 18.6 Å². The number of hydrogen-bond acceptors (Lipinski definition) is 6. The van der Waals surface area contributed by atoms with Gasteiger partial charge in [0, 0.05) is 19.6 Å². The lowest BCUT2D eigenvalue weighted by Crippen LogP contribution is -2.47. The SMILES string of the molecule is CC[Si](CC)(O[C@@H]1[C@H](C)/C=C(C)/C=C(\OC)C(=O)O[C@H]([C@@H](C)CO)C(OC)C=C/C=C(/C)C[C@@H]1C)C(C)C. The summed E-state index contributed by atoms with van der Waals surface area (Å²) in [5, 5.41) is 9.82. The molecule has 0 saturated heterocycles. The zero-order chi connectivity index (χ0) is 29.0. The number of rotatable bonds is 9. The van der Waals surface area contributed by atoms with E-state index in [1.165, 1.54) is 12.7 Å². The van der Waals surface area contributed by atoms with E-state index in [0.717, 1.165) is 24.1 Å². The van der Waals surface area contributed by atoms with Gasteiger partial charge in [-0.1, -0.05) is 83.9 Å². The maximum Gasteiger partial charge on any atom is 0.373 e. The van der Waals surface area contributed by atoms with E-state index in [-0.39, 0.29) is 30.3 Å². The molecular formula is C31H54O6Si. The topological polar surface area (TPSA) is 74.2 Å². The molecule has 0 aromatic carbocycles. The molecule has 0 fully saturated rings. The van der Waals surface area contributed by atoms with Crippen molar-refractivity contribution >= 4 is 14.3 Å². The summed E-state index contributed by atoms with van der Waals surface area (Å²) in [6.07, 6.45) is 9.59. The average Bonchev–Trinajstić information content (AvgIpc) is 2.88. The summed E-state index contributed by atoms with van der Waals surface area (Å²) in [6, 6.07) is 2.17. The standard InChI is InChI=1S/C31H54O6Si/c1-12-38(13-2,21(3)4)37-29-24(7)17-22(5)15-14-16-27(34-10)30(26(9)20-32)36-31(33)28(35-11)19-23(6)18-25(29)8/h14-16,18-19,21,24-27,29-30,32H,12-13,17,20H2,1-11H3/b16-14?,22-15-,23-18+,28-19-/t24-,25+,26-,27?,29-,30+/m0/s1. The zero-order valence-corrected chi connectivity index (χ0v) is 26.7. The fourth-order valence-electron chi connectivity index (χ4n) is 5.48. The number of cyclic esters (lactones) is 1. The molecular weight excluding hydrogens is 496 g/mol. The van der Waals surface area contributed by atoms with Gasteiger partial charge in [0.1, 0.15) is 12.2 Å². The number of aliphatic hydroxyl groups excluding tert-OH is 1. The Morgan fingerprint density at radius 3 is 2.26 bits per heavy atom. The monoisotopic (exact) mass is 550 g/mol. The first-order chi connectivity index (χ1) is 17.9. The Balaban J connectivity index is 3.63. The van der Waals surface area contributed by atoms with Crippen LogP contribution in [0.15, 0.2) is 47.3 Å². The number of hydrogen-bond donors (Lipinski definition) is 1. The lowest BCUT2D eigenvalue weighted by atomic mass is 9.87. The van der Waals surface area contributed by atoms with Gasteiger partial charge in [-0.15, -0.1) is 0 Å². The maximum absolute atomic E-state index is 13.1. The quantitative estimate of drug-likeness (QED) is 0.247. The van der Waals surface area contributed by atoms with Crippen LogP contribution in [0, 0.1) is 17.8 Å². The van der Waals surface area contributed by atoms with Gasteiger partial charge >= 0.3 is 5.97 Å². The summed E-state index contributed by atoms with van der Waals surface area (Å²) in [5.41, 5.74) is 2.68. The lowest BCUT2D eigenvalue weighted by molar-refractivity contribution is -0.158. The molecule has 1 aliphatic rings. The summed E-state index contributed by atoms with van der Waals surface area (Å²) in [7, 11) is 1.10. The molecule has 6 nitrogen and oxygen atoms in total. The van der Waals surface area contributed by atoms with E-state index >= 15 is 0 Å². The summed E-state index contributed by atoms with van der Waals surface area (Å²) in [6.45, 7) is 19.4. The Labute approximate surface area is 233 Å². The third-order valence-electron chi connectivity index (χ3n) is 8.02. The fourth-order valence-corrected chi connectivity index (χ4v) is 9.21. The summed E-state index contributed by atoms with van der Waals surface area (Å²) in [5.74, 6) is -0.368. The minimum absolute atomic E-state index is 0.0482. The van der Waals surface area contributed by atoms with Crippen molar-refractivity contribution in [1.29, 1.82) is 0 Å². The molecule has 0 radical (unpaired) electrons. The van der Waals surface area contributed by atoms with Gasteiger partial charge in [0.25, 0.3) is 0 Å². The van der Waals surface area contributed by atoms with Crippen molar-refractivity contribution < 1.29 is 28.5 Å².